The van der Waals surface area contributed by atoms with Gasteiger partial charge in [-0.2, -0.15) is 0 Å². The Morgan fingerprint density at radius 2 is 1.74 bits per heavy atom. The van der Waals surface area contributed by atoms with E-state index in [0.717, 1.165) is 36.5 Å². The minimum atomic E-state index is 0.218. The normalized spacial score (nSPS) is 16.2. The molecule has 1 aliphatic rings. The third-order valence-corrected chi connectivity index (χ3v) is 3.73. The SMILES string of the molecule is O=C(CNCc1ccc(Cl)cc1)N1CCCCCC1. The average molecular weight is 281 g/mol. The van der Waals surface area contributed by atoms with E-state index in [2.05, 4.69) is 5.32 Å². The largest absolute Gasteiger partial charge is 0.342 e. The third-order valence-electron chi connectivity index (χ3n) is 3.48. The maximum absolute atomic E-state index is 12.0. The Morgan fingerprint density at radius 1 is 1.11 bits per heavy atom. The molecule has 1 heterocycles. The zero-order chi connectivity index (χ0) is 13.5. The van der Waals surface area contributed by atoms with Crippen molar-refractivity contribution in [2.75, 3.05) is 19.6 Å². The van der Waals surface area contributed by atoms with Crippen LogP contribution in [0, 0.1) is 0 Å². The summed E-state index contributed by atoms with van der Waals surface area (Å²) in [6.45, 7) is 2.96. The minimum Gasteiger partial charge on any atom is -0.342 e. The number of benzene rings is 1. The molecule has 104 valence electrons. The second-order valence-corrected chi connectivity index (χ2v) is 5.46. The van der Waals surface area contributed by atoms with E-state index in [1.165, 1.54) is 12.8 Å². The van der Waals surface area contributed by atoms with Gasteiger partial charge in [0.2, 0.25) is 5.91 Å². The van der Waals surface area contributed by atoms with Gasteiger partial charge < -0.3 is 10.2 Å². The van der Waals surface area contributed by atoms with Gasteiger partial charge in [-0.1, -0.05) is 36.6 Å². The van der Waals surface area contributed by atoms with Crippen LogP contribution >= 0.6 is 11.6 Å². The van der Waals surface area contributed by atoms with E-state index < -0.39 is 0 Å². The van der Waals surface area contributed by atoms with Crippen molar-refractivity contribution in [2.45, 2.75) is 32.2 Å². The van der Waals surface area contributed by atoms with E-state index in [1.54, 1.807) is 0 Å². The van der Waals surface area contributed by atoms with Gasteiger partial charge in [-0.25, -0.2) is 0 Å². The zero-order valence-corrected chi connectivity index (χ0v) is 12.0. The lowest BCUT2D eigenvalue weighted by Gasteiger charge is -2.20. The summed E-state index contributed by atoms with van der Waals surface area (Å²) in [4.78, 5) is 14.0. The van der Waals surface area contributed by atoms with Crippen LogP contribution in [0.2, 0.25) is 5.02 Å². The molecule has 1 saturated heterocycles. The molecule has 0 saturated carbocycles. The summed E-state index contributed by atoms with van der Waals surface area (Å²) in [5.41, 5.74) is 1.15. The Hall–Kier alpha value is -1.06. The lowest BCUT2D eigenvalue weighted by Crippen LogP contribution is -2.38. The van der Waals surface area contributed by atoms with E-state index in [1.807, 2.05) is 29.2 Å². The number of halogens is 1. The van der Waals surface area contributed by atoms with E-state index in [-0.39, 0.29) is 5.91 Å². The van der Waals surface area contributed by atoms with Crippen molar-refractivity contribution in [2.24, 2.45) is 0 Å². The monoisotopic (exact) mass is 280 g/mol. The summed E-state index contributed by atoms with van der Waals surface area (Å²) in [5, 5.41) is 3.94. The van der Waals surface area contributed by atoms with Crippen LogP contribution in [-0.2, 0) is 11.3 Å². The smallest absolute Gasteiger partial charge is 0.236 e. The van der Waals surface area contributed by atoms with E-state index >= 15 is 0 Å². The minimum absolute atomic E-state index is 0.218. The molecule has 3 nitrogen and oxygen atoms in total. The third kappa shape index (κ3) is 4.84. The molecule has 1 fully saturated rings. The summed E-state index contributed by atoms with van der Waals surface area (Å²) in [7, 11) is 0. The van der Waals surface area contributed by atoms with E-state index in [0.29, 0.717) is 13.1 Å². The number of likely N-dealkylation sites (tertiary alicyclic amines) is 1. The molecule has 0 aromatic heterocycles. The van der Waals surface area contributed by atoms with Gasteiger partial charge >= 0.3 is 0 Å². The predicted molar refractivity (Wildman–Crippen MR) is 78.2 cm³/mol. The van der Waals surface area contributed by atoms with Crippen LogP contribution in [0.1, 0.15) is 31.2 Å². The maximum Gasteiger partial charge on any atom is 0.236 e. The van der Waals surface area contributed by atoms with Crippen LogP contribution in [0.3, 0.4) is 0 Å². The van der Waals surface area contributed by atoms with Crippen molar-refractivity contribution in [3.63, 3.8) is 0 Å². The van der Waals surface area contributed by atoms with Gasteiger partial charge in [0.05, 0.1) is 6.54 Å². The van der Waals surface area contributed by atoms with Gasteiger partial charge in [0.15, 0.2) is 0 Å². The molecule has 0 unspecified atom stereocenters. The number of amides is 1. The second kappa shape index (κ2) is 7.51. The number of hydrogen-bond acceptors (Lipinski definition) is 2. The van der Waals surface area contributed by atoms with Crippen molar-refractivity contribution >= 4 is 17.5 Å². The van der Waals surface area contributed by atoms with Gasteiger partial charge in [-0.3, -0.25) is 4.79 Å². The van der Waals surface area contributed by atoms with Crippen molar-refractivity contribution in [3.05, 3.63) is 34.9 Å². The van der Waals surface area contributed by atoms with Crippen molar-refractivity contribution in [1.82, 2.24) is 10.2 Å². The van der Waals surface area contributed by atoms with Crippen LogP contribution in [0.15, 0.2) is 24.3 Å². The van der Waals surface area contributed by atoms with Gasteiger partial charge in [0, 0.05) is 24.7 Å². The Bertz CT molecular complexity index is 397. The number of nitrogens with zero attached hydrogens (tertiary/aromatic N) is 1. The first-order valence-corrected chi connectivity index (χ1v) is 7.36. The highest BCUT2D eigenvalue weighted by Crippen LogP contribution is 2.10. The molecule has 19 heavy (non-hydrogen) atoms. The number of carbonyl (C=O) groups excluding carboxylic acids is 1. The second-order valence-electron chi connectivity index (χ2n) is 5.03. The van der Waals surface area contributed by atoms with Gasteiger partial charge in [0.1, 0.15) is 0 Å². The number of rotatable bonds is 4. The molecule has 1 aromatic carbocycles. The number of carbonyl (C=O) groups is 1. The molecule has 0 spiro atoms. The van der Waals surface area contributed by atoms with Crippen LogP contribution in [0.5, 0.6) is 0 Å². The van der Waals surface area contributed by atoms with Gasteiger partial charge in [0.25, 0.3) is 0 Å². The molecular weight excluding hydrogens is 260 g/mol. The molecule has 1 aliphatic heterocycles. The van der Waals surface area contributed by atoms with Crippen LogP contribution in [0.4, 0.5) is 0 Å². The average Bonchev–Trinajstić information content (AvgIpc) is 2.70. The van der Waals surface area contributed by atoms with Crippen LogP contribution in [0.25, 0.3) is 0 Å². The Kier molecular flexibility index (Phi) is 5.67. The molecule has 2 rings (SSSR count). The Morgan fingerprint density at radius 3 is 2.37 bits per heavy atom. The quantitative estimate of drug-likeness (QED) is 0.920. The molecule has 0 atom stereocenters. The summed E-state index contributed by atoms with van der Waals surface area (Å²) in [6, 6.07) is 7.70. The van der Waals surface area contributed by atoms with Crippen molar-refractivity contribution < 1.29 is 4.79 Å². The number of hydrogen-bond donors (Lipinski definition) is 1. The van der Waals surface area contributed by atoms with E-state index in [4.69, 9.17) is 11.6 Å². The van der Waals surface area contributed by atoms with Crippen molar-refractivity contribution in [1.29, 1.82) is 0 Å². The fourth-order valence-corrected chi connectivity index (χ4v) is 2.47. The first-order chi connectivity index (χ1) is 9.25. The lowest BCUT2D eigenvalue weighted by atomic mass is 10.2. The summed E-state index contributed by atoms with van der Waals surface area (Å²) in [5.74, 6) is 0.218. The van der Waals surface area contributed by atoms with Gasteiger partial charge in [-0.05, 0) is 30.5 Å². The highest BCUT2D eigenvalue weighted by atomic mass is 35.5. The molecule has 1 N–H and O–H groups in total. The zero-order valence-electron chi connectivity index (χ0n) is 11.2. The standard InChI is InChI=1S/C15H21ClN2O/c16-14-7-5-13(6-8-14)11-17-12-15(19)18-9-3-1-2-4-10-18/h5-8,17H,1-4,9-12H2. The van der Waals surface area contributed by atoms with Gasteiger partial charge in [-0.15, -0.1) is 0 Å². The molecule has 0 aliphatic carbocycles. The van der Waals surface area contributed by atoms with Crippen molar-refractivity contribution in [3.8, 4) is 0 Å². The van der Waals surface area contributed by atoms with Crippen LogP contribution < -0.4 is 5.32 Å². The Balaban J connectivity index is 1.72. The highest BCUT2D eigenvalue weighted by molar-refractivity contribution is 6.30. The first-order valence-electron chi connectivity index (χ1n) is 6.98. The first kappa shape index (κ1) is 14.4. The fraction of sp³-hybridized carbons (Fsp3) is 0.533. The summed E-state index contributed by atoms with van der Waals surface area (Å²) < 4.78 is 0. The summed E-state index contributed by atoms with van der Waals surface area (Å²) in [6.07, 6.45) is 4.79. The topological polar surface area (TPSA) is 32.3 Å². The van der Waals surface area contributed by atoms with Crippen LogP contribution in [-0.4, -0.2) is 30.4 Å². The summed E-state index contributed by atoms with van der Waals surface area (Å²) >= 11 is 5.83. The number of nitrogens with one attached hydrogen (secondary N) is 1. The fourth-order valence-electron chi connectivity index (χ4n) is 2.35. The maximum atomic E-state index is 12.0. The molecule has 1 aromatic rings. The molecule has 0 bridgehead atoms. The molecule has 0 radical (unpaired) electrons. The molecule has 4 heteroatoms. The highest BCUT2D eigenvalue weighted by Gasteiger charge is 2.14. The molecular formula is C15H21ClN2O. The van der Waals surface area contributed by atoms with E-state index in [9.17, 15) is 4.79 Å². The lowest BCUT2D eigenvalue weighted by molar-refractivity contribution is -0.130. The predicted octanol–water partition coefficient (Wildman–Crippen LogP) is 2.83. The molecule has 1 amide bonds. The Labute approximate surface area is 119 Å².